The lowest BCUT2D eigenvalue weighted by Crippen LogP contribution is -2.08. The molecular weight excluding hydrogens is 296 g/mol. The standard InChI is InChI=1S/C8H7BrClF3N2/c1-15-7(10)5(3-2-4-9)6(14-15)8(11,12)13/h2-3H,4H2,1H3. The van der Waals surface area contributed by atoms with Gasteiger partial charge in [0.05, 0.1) is 0 Å². The van der Waals surface area contributed by atoms with Gasteiger partial charge in [0.1, 0.15) is 5.15 Å². The van der Waals surface area contributed by atoms with E-state index in [1.807, 2.05) is 0 Å². The van der Waals surface area contributed by atoms with Gasteiger partial charge in [0.25, 0.3) is 0 Å². The molecule has 0 aromatic carbocycles. The Balaban J connectivity index is 3.27. The predicted octanol–water partition coefficient (Wildman–Crippen LogP) is 3.50. The number of alkyl halides is 4. The van der Waals surface area contributed by atoms with Crippen LogP contribution in [0.2, 0.25) is 5.15 Å². The van der Waals surface area contributed by atoms with E-state index in [1.165, 1.54) is 19.2 Å². The number of nitrogens with zero attached hydrogens (tertiary/aromatic N) is 2. The molecule has 0 bridgehead atoms. The Bertz CT molecular complexity index is 384. The Morgan fingerprint density at radius 3 is 2.60 bits per heavy atom. The van der Waals surface area contributed by atoms with Gasteiger partial charge in [-0.1, -0.05) is 39.7 Å². The van der Waals surface area contributed by atoms with Crippen LogP contribution in [0.15, 0.2) is 6.08 Å². The molecule has 0 aliphatic carbocycles. The third-order valence-electron chi connectivity index (χ3n) is 1.65. The zero-order chi connectivity index (χ0) is 11.6. The highest BCUT2D eigenvalue weighted by molar-refractivity contribution is 9.09. The van der Waals surface area contributed by atoms with Crippen molar-refractivity contribution in [1.29, 1.82) is 0 Å². The smallest absolute Gasteiger partial charge is 0.256 e. The number of halogens is 5. The zero-order valence-electron chi connectivity index (χ0n) is 7.65. The van der Waals surface area contributed by atoms with Gasteiger partial charge >= 0.3 is 6.18 Å². The summed E-state index contributed by atoms with van der Waals surface area (Å²) in [5.74, 6) is 0. The molecule has 0 atom stereocenters. The summed E-state index contributed by atoms with van der Waals surface area (Å²) in [7, 11) is 1.36. The van der Waals surface area contributed by atoms with Crippen LogP contribution < -0.4 is 0 Å². The van der Waals surface area contributed by atoms with Crippen LogP contribution in [0, 0.1) is 0 Å². The van der Waals surface area contributed by atoms with Crippen molar-refractivity contribution >= 4 is 33.6 Å². The molecule has 0 N–H and O–H groups in total. The number of allylic oxidation sites excluding steroid dienone is 1. The lowest BCUT2D eigenvalue weighted by Gasteiger charge is -2.02. The van der Waals surface area contributed by atoms with Crippen LogP contribution in [-0.2, 0) is 13.2 Å². The van der Waals surface area contributed by atoms with E-state index in [0.717, 1.165) is 4.68 Å². The van der Waals surface area contributed by atoms with Crippen molar-refractivity contribution in [2.45, 2.75) is 6.18 Å². The summed E-state index contributed by atoms with van der Waals surface area (Å²) in [5.41, 5.74) is -1.07. The molecule has 1 aromatic heterocycles. The van der Waals surface area contributed by atoms with Gasteiger partial charge in [0.2, 0.25) is 0 Å². The first kappa shape index (κ1) is 12.6. The Morgan fingerprint density at radius 2 is 2.13 bits per heavy atom. The maximum absolute atomic E-state index is 12.5. The van der Waals surface area contributed by atoms with Gasteiger partial charge in [0, 0.05) is 17.9 Å². The summed E-state index contributed by atoms with van der Waals surface area (Å²) >= 11 is 8.76. The predicted molar refractivity (Wildman–Crippen MR) is 56.0 cm³/mol. The minimum atomic E-state index is -4.49. The fourth-order valence-corrected chi connectivity index (χ4v) is 1.42. The van der Waals surface area contributed by atoms with Gasteiger partial charge < -0.3 is 0 Å². The van der Waals surface area contributed by atoms with E-state index in [4.69, 9.17) is 11.6 Å². The van der Waals surface area contributed by atoms with Crippen molar-refractivity contribution in [2.24, 2.45) is 7.05 Å². The third-order valence-corrected chi connectivity index (χ3v) is 2.48. The second-order valence-corrected chi connectivity index (χ2v) is 3.74. The van der Waals surface area contributed by atoms with Crippen LogP contribution in [0.4, 0.5) is 13.2 Å². The van der Waals surface area contributed by atoms with Crippen molar-refractivity contribution < 1.29 is 13.2 Å². The van der Waals surface area contributed by atoms with Gasteiger partial charge in [0.15, 0.2) is 5.69 Å². The number of hydrogen-bond acceptors (Lipinski definition) is 1. The van der Waals surface area contributed by atoms with Gasteiger partial charge in [-0.15, -0.1) is 0 Å². The Labute approximate surface area is 97.8 Å². The molecule has 1 rings (SSSR count). The van der Waals surface area contributed by atoms with Crippen LogP contribution in [0.5, 0.6) is 0 Å². The quantitative estimate of drug-likeness (QED) is 0.765. The molecule has 84 valence electrons. The van der Waals surface area contributed by atoms with Crippen molar-refractivity contribution in [3.05, 3.63) is 22.5 Å². The minimum Gasteiger partial charge on any atom is -0.256 e. The molecule has 0 radical (unpaired) electrons. The lowest BCUT2D eigenvalue weighted by molar-refractivity contribution is -0.141. The molecule has 0 aliphatic rings. The zero-order valence-corrected chi connectivity index (χ0v) is 9.99. The molecule has 0 fully saturated rings. The van der Waals surface area contributed by atoms with Gasteiger partial charge in [-0.05, 0) is 0 Å². The first-order valence-corrected chi connectivity index (χ1v) is 5.40. The molecule has 0 spiro atoms. The number of rotatable bonds is 2. The van der Waals surface area contributed by atoms with Crippen LogP contribution in [0.3, 0.4) is 0 Å². The molecule has 0 amide bonds. The molecule has 7 heteroatoms. The molecule has 1 aromatic rings. The highest BCUT2D eigenvalue weighted by Gasteiger charge is 2.37. The summed E-state index contributed by atoms with van der Waals surface area (Å²) < 4.78 is 38.5. The van der Waals surface area contributed by atoms with Crippen LogP contribution >= 0.6 is 27.5 Å². The van der Waals surface area contributed by atoms with Crippen molar-refractivity contribution in [1.82, 2.24) is 9.78 Å². The minimum absolute atomic E-state index is 0.0282. The molecule has 0 aliphatic heterocycles. The highest BCUT2D eigenvalue weighted by atomic mass is 79.9. The average molecular weight is 304 g/mol. The van der Waals surface area contributed by atoms with Crippen molar-refractivity contribution in [2.75, 3.05) is 5.33 Å². The van der Waals surface area contributed by atoms with Gasteiger partial charge in [-0.25, -0.2) is 0 Å². The monoisotopic (exact) mass is 302 g/mol. The molecule has 0 saturated heterocycles. The molecule has 1 heterocycles. The third kappa shape index (κ3) is 2.75. The fraction of sp³-hybridized carbons (Fsp3) is 0.375. The first-order valence-electron chi connectivity index (χ1n) is 3.90. The van der Waals surface area contributed by atoms with Crippen LogP contribution in [0.1, 0.15) is 11.3 Å². The lowest BCUT2D eigenvalue weighted by atomic mass is 10.2. The van der Waals surface area contributed by atoms with Gasteiger partial charge in [-0.3, -0.25) is 4.68 Å². The Morgan fingerprint density at radius 1 is 1.53 bits per heavy atom. The fourth-order valence-electron chi connectivity index (χ4n) is 1.04. The molecule has 0 unspecified atom stereocenters. The summed E-state index contributed by atoms with van der Waals surface area (Å²) in [5, 5.41) is 3.75. The maximum Gasteiger partial charge on any atom is 0.435 e. The summed E-state index contributed by atoms with van der Waals surface area (Å²) in [6, 6.07) is 0. The second kappa shape index (κ2) is 4.57. The number of aromatic nitrogens is 2. The van der Waals surface area contributed by atoms with E-state index in [-0.39, 0.29) is 10.7 Å². The normalized spacial score (nSPS) is 12.7. The molecule has 15 heavy (non-hydrogen) atoms. The van der Waals surface area contributed by atoms with Crippen LogP contribution in [-0.4, -0.2) is 15.1 Å². The second-order valence-electron chi connectivity index (χ2n) is 2.73. The first-order chi connectivity index (χ1) is 6.88. The highest BCUT2D eigenvalue weighted by Crippen LogP contribution is 2.34. The number of hydrogen-bond donors (Lipinski definition) is 0. The Hall–Kier alpha value is -0.490. The molecule has 2 nitrogen and oxygen atoms in total. The van der Waals surface area contributed by atoms with Crippen LogP contribution in [0.25, 0.3) is 6.08 Å². The summed E-state index contributed by atoms with van der Waals surface area (Å²) in [6.45, 7) is 0. The average Bonchev–Trinajstić information content (AvgIpc) is 2.40. The van der Waals surface area contributed by atoms with E-state index in [1.54, 1.807) is 0 Å². The van der Waals surface area contributed by atoms with E-state index in [9.17, 15) is 13.2 Å². The number of aryl methyl sites for hydroxylation is 1. The molecule has 0 saturated carbocycles. The van der Waals surface area contributed by atoms with E-state index < -0.39 is 11.9 Å². The van der Waals surface area contributed by atoms with Crippen molar-refractivity contribution in [3.63, 3.8) is 0 Å². The van der Waals surface area contributed by atoms with E-state index in [0.29, 0.717) is 5.33 Å². The van der Waals surface area contributed by atoms with Gasteiger partial charge in [-0.2, -0.15) is 18.3 Å². The largest absolute Gasteiger partial charge is 0.435 e. The summed E-state index contributed by atoms with van der Waals surface area (Å²) in [4.78, 5) is 0. The Kier molecular flexibility index (Phi) is 3.83. The topological polar surface area (TPSA) is 17.8 Å². The summed E-state index contributed by atoms with van der Waals surface area (Å²) in [6.07, 6.45) is -1.66. The van der Waals surface area contributed by atoms with Crippen molar-refractivity contribution in [3.8, 4) is 0 Å². The van der Waals surface area contributed by atoms with E-state index in [2.05, 4.69) is 21.0 Å². The SMILES string of the molecule is Cn1nc(C(F)(F)F)c(C=CCBr)c1Cl. The maximum atomic E-state index is 12.5. The molecular formula is C8H7BrClF3N2. The van der Waals surface area contributed by atoms with E-state index >= 15 is 0 Å².